The lowest BCUT2D eigenvalue weighted by molar-refractivity contribution is 0.432. The molecule has 0 fully saturated rings. The van der Waals surface area contributed by atoms with Crippen LogP contribution in [0.15, 0.2) is 52.0 Å². The van der Waals surface area contributed by atoms with Crippen molar-refractivity contribution < 1.29 is 4.52 Å². The smallest absolute Gasteiger partial charge is 0.258 e. The fourth-order valence-corrected chi connectivity index (χ4v) is 2.75. The number of aromatic nitrogens is 2. The number of halogens is 2. The molecule has 0 radical (unpaired) electrons. The van der Waals surface area contributed by atoms with E-state index in [9.17, 15) is 0 Å². The molecule has 4 rings (SSSR count). The summed E-state index contributed by atoms with van der Waals surface area (Å²) >= 11 is 12.0. The SMILES string of the molecule is Clc1ccc(-c2noc(-c3ccc(C4=NCCN4)cc3)n2)cc1Cl. The molecule has 0 bridgehead atoms. The highest BCUT2D eigenvalue weighted by Crippen LogP contribution is 2.28. The van der Waals surface area contributed by atoms with Gasteiger partial charge in [-0.2, -0.15) is 4.98 Å². The summed E-state index contributed by atoms with van der Waals surface area (Å²) in [4.78, 5) is 8.82. The highest BCUT2D eigenvalue weighted by atomic mass is 35.5. The van der Waals surface area contributed by atoms with Crippen LogP contribution in [0.1, 0.15) is 5.56 Å². The van der Waals surface area contributed by atoms with Gasteiger partial charge in [-0.3, -0.25) is 4.99 Å². The van der Waals surface area contributed by atoms with Crippen LogP contribution in [0, 0.1) is 0 Å². The fourth-order valence-electron chi connectivity index (χ4n) is 2.46. The zero-order valence-electron chi connectivity index (χ0n) is 12.5. The Balaban J connectivity index is 1.61. The number of rotatable bonds is 3. The van der Waals surface area contributed by atoms with Crippen molar-refractivity contribution in [3.8, 4) is 22.8 Å². The molecular weight excluding hydrogens is 347 g/mol. The van der Waals surface area contributed by atoms with E-state index < -0.39 is 0 Å². The highest BCUT2D eigenvalue weighted by Gasteiger charge is 2.13. The maximum absolute atomic E-state index is 6.03. The van der Waals surface area contributed by atoms with E-state index in [-0.39, 0.29) is 0 Å². The van der Waals surface area contributed by atoms with Crippen LogP contribution in [-0.2, 0) is 0 Å². The molecular formula is C17H12Cl2N4O. The van der Waals surface area contributed by atoms with Crippen molar-refractivity contribution >= 4 is 29.0 Å². The van der Waals surface area contributed by atoms with Crippen LogP contribution in [0.3, 0.4) is 0 Å². The van der Waals surface area contributed by atoms with Gasteiger partial charge in [-0.1, -0.05) is 40.5 Å². The Labute approximate surface area is 148 Å². The predicted molar refractivity (Wildman–Crippen MR) is 94.6 cm³/mol. The van der Waals surface area contributed by atoms with Crippen molar-refractivity contribution in [2.45, 2.75) is 0 Å². The van der Waals surface area contributed by atoms with Crippen molar-refractivity contribution in [2.75, 3.05) is 13.1 Å². The first-order valence-corrected chi connectivity index (χ1v) is 8.14. The summed E-state index contributed by atoms with van der Waals surface area (Å²) in [6.45, 7) is 1.70. The van der Waals surface area contributed by atoms with E-state index in [1.54, 1.807) is 18.2 Å². The Kier molecular flexibility index (Phi) is 3.96. The zero-order chi connectivity index (χ0) is 16.5. The van der Waals surface area contributed by atoms with Gasteiger partial charge < -0.3 is 9.84 Å². The molecule has 2 aromatic carbocycles. The minimum absolute atomic E-state index is 0.448. The van der Waals surface area contributed by atoms with Gasteiger partial charge in [0.15, 0.2) is 0 Å². The second-order valence-electron chi connectivity index (χ2n) is 5.29. The number of nitrogens with zero attached hydrogens (tertiary/aromatic N) is 3. The quantitative estimate of drug-likeness (QED) is 0.766. The molecule has 1 aliphatic heterocycles. The predicted octanol–water partition coefficient (Wildman–Crippen LogP) is 4.06. The van der Waals surface area contributed by atoms with Gasteiger partial charge in [0.25, 0.3) is 5.89 Å². The lowest BCUT2D eigenvalue weighted by Crippen LogP contribution is -2.19. The van der Waals surface area contributed by atoms with Gasteiger partial charge in [0.05, 0.1) is 16.6 Å². The van der Waals surface area contributed by atoms with Crippen LogP contribution in [0.4, 0.5) is 0 Å². The number of benzene rings is 2. The van der Waals surface area contributed by atoms with E-state index in [1.165, 1.54) is 0 Å². The van der Waals surface area contributed by atoms with Gasteiger partial charge in [-0.05, 0) is 30.3 Å². The number of hydrogen-bond acceptors (Lipinski definition) is 5. The third-order valence-corrected chi connectivity index (χ3v) is 4.42. The fraction of sp³-hybridized carbons (Fsp3) is 0.118. The maximum atomic E-state index is 6.03. The standard InChI is InChI=1S/C17H12Cl2N4O/c18-13-6-5-12(9-14(13)19)16-22-17(24-23-16)11-3-1-10(2-4-11)15-20-7-8-21-15/h1-6,9H,7-8H2,(H,20,21). The molecule has 1 aromatic heterocycles. The molecule has 0 aliphatic carbocycles. The molecule has 1 aliphatic rings. The molecule has 3 aromatic rings. The van der Waals surface area contributed by atoms with Crippen LogP contribution in [-0.4, -0.2) is 29.1 Å². The van der Waals surface area contributed by atoms with Gasteiger partial charge in [0, 0.05) is 23.2 Å². The highest BCUT2D eigenvalue weighted by molar-refractivity contribution is 6.42. The minimum atomic E-state index is 0.448. The number of hydrogen-bond donors (Lipinski definition) is 1. The Hall–Kier alpha value is -2.37. The van der Waals surface area contributed by atoms with Gasteiger partial charge >= 0.3 is 0 Å². The van der Waals surface area contributed by atoms with Crippen LogP contribution in [0.2, 0.25) is 10.0 Å². The van der Waals surface area contributed by atoms with Crippen LogP contribution >= 0.6 is 23.2 Å². The summed E-state index contributed by atoms with van der Waals surface area (Å²) in [5.74, 6) is 1.84. The first-order valence-electron chi connectivity index (χ1n) is 7.39. The van der Waals surface area contributed by atoms with E-state index in [0.29, 0.717) is 21.8 Å². The van der Waals surface area contributed by atoms with E-state index in [2.05, 4.69) is 20.4 Å². The Morgan fingerprint density at radius 1 is 0.917 bits per heavy atom. The molecule has 0 saturated heterocycles. The summed E-state index contributed by atoms with van der Waals surface area (Å²) in [5.41, 5.74) is 2.64. The van der Waals surface area contributed by atoms with Gasteiger partial charge in [0.1, 0.15) is 5.84 Å². The van der Waals surface area contributed by atoms with E-state index in [1.807, 2.05) is 24.3 Å². The average molecular weight is 359 g/mol. The van der Waals surface area contributed by atoms with Gasteiger partial charge in [-0.25, -0.2) is 0 Å². The van der Waals surface area contributed by atoms with Crippen molar-refractivity contribution in [1.82, 2.24) is 15.5 Å². The molecule has 0 atom stereocenters. The molecule has 120 valence electrons. The van der Waals surface area contributed by atoms with E-state index in [4.69, 9.17) is 27.7 Å². The molecule has 1 N–H and O–H groups in total. The Morgan fingerprint density at radius 2 is 1.67 bits per heavy atom. The molecule has 0 saturated carbocycles. The van der Waals surface area contributed by atoms with Crippen LogP contribution < -0.4 is 5.32 Å². The molecule has 0 spiro atoms. The summed E-state index contributed by atoms with van der Waals surface area (Å²) < 4.78 is 5.36. The lowest BCUT2D eigenvalue weighted by atomic mass is 10.1. The summed E-state index contributed by atoms with van der Waals surface area (Å²) in [6.07, 6.45) is 0. The summed E-state index contributed by atoms with van der Waals surface area (Å²) in [5, 5.41) is 8.19. The van der Waals surface area contributed by atoms with Crippen LogP contribution in [0.25, 0.3) is 22.8 Å². The van der Waals surface area contributed by atoms with Gasteiger partial charge in [0.2, 0.25) is 5.82 Å². The average Bonchev–Trinajstić information content (AvgIpc) is 3.29. The first-order chi connectivity index (χ1) is 11.7. The minimum Gasteiger partial charge on any atom is -0.368 e. The third kappa shape index (κ3) is 2.88. The molecule has 0 amide bonds. The Morgan fingerprint density at radius 3 is 2.38 bits per heavy atom. The van der Waals surface area contributed by atoms with Crippen molar-refractivity contribution in [1.29, 1.82) is 0 Å². The van der Waals surface area contributed by atoms with Crippen molar-refractivity contribution in [3.05, 3.63) is 58.1 Å². The van der Waals surface area contributed by atoms with Crippen molar-refractivity contribution in [3.63, 3.8) is 0 Å². The zero-order valence-corrected chi connectivity index (χ0v) is 14.0. The van der Waals surface area contributed by atoms with Crippen LogP contribution in [0.5, 0.6) is 0 Å². The summed E-state index contributed by atoms with van der Waals surface area (Å²) in [7, 11) is 0. The van der Waals surface area contributed by atoms with E-state index >= 15 is 0 Å². The Bertz CT molecular complexity index is 919. The largest absolute Gasteiger partial charge is 0.368 e. The topological polar surface area (TPSA) is 63.3 Å². The number of amidine groups is 1. The molecule has 5 nitrogen and oxygen atoms in total. The summed E-state index contributed by atoms with van der Waals surface area (Å²) in [6, 6.07) is 13.1. The second-order valence-corrected chi connectivity index (χ2v) is 6.10. The third-order valence-electron chi connectivity index (χ3n) is 3.68. The van der Waals surface area contributed by atoms with Crippen molar-refractivity contribution in [2.24, 2.45) is 4.99 Å². The lowest BCUT2D eigenvalue weighted by Gasteiger charge is -2.02. The molecule has 24 heavy (non-hydrogen) atoms. The second kappa shape index (κ2) is 6.26. The first kappa shape index (κ1) is 15.2. The maximum Gasteiger partial charge on any atom is 0.258 e. The monoisotopic (exact) mass is 358 g/mol. The molecule has 7 heteroatoms. The number of aliphatic imine (C=N–C) groups is 1. The molecule has 2 heterocycles. The van der Waals surface area contributed by atoms with E-state index in [0.717, 1.165) is 35.6 Å². The molecule has 0 unspecified atom stereocenters. The number of nitrogens with one attached hydrogen (secondary N) is 1. The van der Waals surface area contributed by atoms with Gasteiger partial charge in [-0.15, -0.1) is 0 Å². The normalized spacial score (nSPS) is 13.7.